The van der Waals surface area contributed by atoms with Crippen molar-refractivity contribution in [1.82, 2.24) is 15.3 Å². The SMILES string of the molecule is COc1ncccc1CNC(=O)C1=NN(C2CCS(=O)(=O)C2)C(=O)CC1. The summed E-state index contributed by atoms with van der Waals surface area (Å²) in [4.78, 5) is 28.6. The molecular weight excluding hydrogens is 360 g/mol. The molecule has 0 saturated carbocycles. The molecule has 0 spiro atoms. The predicted molar refractivity (Wildman–Crippen MR) is 93.2 cm³/mol. The lowest BCUT2D eigenvalue weighted by Gasteiger charge is -2.27. The molecule has 1 fully saturated rings. The van der Waals surface area contributed by atoms with Crippen LogP contribution < -0.4 is 10.1 Å². The topological polar surface area (TPSA) is 118 Å². The van der Waals surface area contributed by atoms with E-state index < -0.39 is 21.8 Å². The third-order valence-corrected chi connectivity index (χ3v) is 6.11. The van der Waals surface area contributed by atoms with E-state index in [1.54, 1.807) is 18.3 Å². The van der Waals surface area contributed by atoms with Crippen LogP contribution >= 0.6 is 0 Å². The second kappa shape index (κ2) is 7.40. The summed E-state index contributed by atoms with van der Waals surface area (Å²) in [6.45, 7) is 0.209. The van der Waals surface area contributed by atoms with Gasteiger partial charge in [-0.2, -0.15) is 5.10 Å². The number of carbonyl (C=O) groups excluding carboxylic acids is 2. The van der Waals surface area contributed by atoms with E-state index in [2.05, 4.69) is 15.4 Å². The van der Waals surface area contributed by atoms with Crippen LogP contribution in [-0.4, -0.2) is 60.6 Å². The first-order valence-corrected chi connectivity index (χ1v) is 10.1. The molecule has 0 bridgehead atoms. The van der Waals surface area contributed by atoms with Gasteiger partial charge >= 0.3 is 0 Å². The number of methoxy groups -OCH3 is 1. The number of aromatic nitrogens is 1. The highest BCUT2D eigenvalue weighted by molar-refractivity contribution is 7.91. The van der Waals surface area contributed by atoms with Gasteiger partial charge < -0.3 is 10.1 Å². The maximum Gasteiger partial charge on any atom is 0.267 e. The largest absolute Gasteiger partial charge is 0.481 e. The summed E-state index contributed by atoms with van der Waals surface area (Å²) >= 11 is 0. The molecule has 2 aliphatic rings. The van der Waals surface area contributed by atoms with E-state index >= 15 is 0 Å². The molecule has 0 aliphatic carbocycles. The Morgan fingerprint density at radius 2 is 2.23 bits per heavy atom. The summed E-state index contributed by atoms with van der Waals surface area (Å²) in [7, 11) is -1.65. The minimum absolute atomic E-state index is 0.0410. The summed E-state index contributed by atoms with van der Waals surface area (Å²) in [5.41, 5.74) is 0.936. The average molecular weight is 380 g/mol. The molecule has 2 amide bonds. The predicted octanol–water partition coefficient (Wildman–Crippen LogP) is -0.128. The molecular formula is C16H20N4O5S. The number of hydrogen-bond donors (Lipinski definition) is 1. The number of sulfone groups is 1. The Balaban J connectivity index is 1.68. The number of hydrogen-bond acceptors (Lipinski definition) is 7. The van der Waals surface area contributed by atoms with Gasteiger partial charge in [0.25, 0.3) is 5.91 Å². The zero-order chi connectivity index (χ0) is 18.7. The van der Waals surface area contributed by atoms with Gasteiger partial charge in [-0.3, -0.25) is 9.59 Å². The standard InChI is InChI=1S/C16H20N4O5S/c1-25-16-11(3-2-7-17-16)9-18-15(22)13-4-5-14(21)20(19-13)12-6-8-26(23,24)10-12/h2-3,7,12H,4-6,8-10H2,1H3,(H,18,22). The van der Waals surface area contributed by atoms with Gasteiger partial charge in [-0.15, -0.1) is 0 Å². The van der Waals surface area contributed by atoms with E-state index in [0.717, 1.165) is 5.56 Å². The van der Waals surface area contributed by atoms with Crippen molar-refractivity contribution in [2.45, 2.75) is 31.8 Å². The van der Waals surface area contributed by atoms with E-state index in [0.29, 0.717) is 12.3 Å². The summed E-state index contributed by atoms with van der Waals surface area (Å²) in [5, 5.41) is 8.06. The van der Waals surface area contributed by atoms with E-state index in [1.807, 2.05) is 0 Å². The Morgan fingerprint density at radius 1 is 1.42 bits per heavy atom. The molecule has 0 aromatic carbocycles. The molecule has 2 aliphatic heterocycles. The van der Waals surface area contributed by atoms with E-state index in [9.17, 15) is 18.0 Å². The molecule has 1 saturated heterocycles. The first-order valence-electron chi connectivity index (χ1n) is 8.25. The summed E-state index contributed by atoms with van der Waals surface area (Å²) in [5.74, 6) is -0.290. The van der Waals surface area contributed by atoms with E-state index in [-0.39, 0.29) is 42.5 Å². The van der Waals surface area contributed by atoms with Gasteiger partial charge in [0.05, 0.1) is 24.7 Å². The van der Waals surface area contributed by atoms with Gasteiger partial charge in [0.2, 0.25) is 11.8 Å². The van der Waals surface area contributed by atoms with Crippen molar-refractivity contribution >= 4 is 27.4 Å². The zero-order valence-corrected chi connectivity index (χ0v) is 15.2. The number of amides is 2. The molecule has 140 valence electrons. The quantitative estimate of drug-likeness (QED) is 0.760. The van der Waals surface area contributed by atoms with Crippen LogP contribution in [-0.2, 0) is 26.0 Å². The molecule has 3 heterocycles. The molecule has 1 N–H and O–H groups in total. The second-order valence-electron chi connectivity index (χ2n) is 6.20. The van der Waals surface area contributed by atoms with Crippen molar-refractivity contribution < 1.29 is 22.7 Å². The van der Waals surface area contributed by atoms with Gasteiger partial charge in [-0.25, -0.2) is 18.4 Å². The third-order valence-electron chi connectivity index (χ3n) is 4.36. The van der Waals surface area contributed by atoms with Crippen molar-refractivity contribution in [1.29, 1.82) is 0 Å². The average Bonchev–Trinajstić information content (AvgIpc) is 3.00. The lowest BCUT2D eigenvalue weighted by molar-refractivity contribution is -0.133. The molecule has 9 nitrogen and oxygen atoms in total. The van der Waals surface area contributed by atoms with Crippen molar-refractivity contribution in [3.63, 3.8) is 0 Å². The minimum atomic E-state index is -3.14. The van der Waals surface area contributed by atoms with Crippen LogP contribution in [0.5, 0.6) is 5.88 Å². The van der Waals surface area contributed by atoms with Crippen molar-refractivity contribution in [3.8, 4) is 5.88 Å². The van der Waals surface area contributed by atoms with Crippen LogP contribution in [0.4, 0.5) is 0 Å². The van der Waals surface area contributed by atoms with E-state index in [4.69, 9.17) is 4.74 Å². The normalized spacial score (nSPS) is 22.0. The highest BCUT2D eigenvalue weighted by atomic mass is 32.2. The number of nitrogens with zero attached hydrogens (tertiary/aromatic N) is 3. The zero-order valence-electron chi connectivity index (χ0n) is 14.3. The minimum Gasteiger partial charge on any atom is -0.481 e. The molecule has 0 radical (unpaired) electrons. The van der Waals surface area contributed by atoms with Crippen LogP contribution in [0.15, 0.2) is 23.4 Å². The maximum atomic E-state index is 12.4. The fraction of sp³-hybridized carbons (Fsp3) is 0.500. The third kappa shape index (κ3) is 4.01. The molecule has 1 unspecified atom stereocenters. The van der Waals surface area contributed by atoms with Crippen LogP contribution in [0.3, 0.4) is 0 Å². The fourth-order valence-corrected chi connectivity index (χ4v) is 4.70. The van der Waals surface area contributed by atoms with Gasteiger partial charge in [0, 0.05) is 31.1 Å². The van der Waals surface area contributed by atoms with Crippen LogP contribution in [0.1, 0.15) is 24.8 Å². The number of nitrogens with one attached hydrogen (secondary N) is 1. The van der Waals surface area contributed by atoms with Gasteiger partial charge in [0.1, 0.15) is 5.71 Å². The summed E-state index contributed by atoms with van der Waals surface area (Å²) in [6.07, 6.45) is 2.30. The lowest BCUT2D eigenvalue weighted by Crippen LogP contribution is -2.43. The highest BCUT2D eigenvalue weighted by Crippen LogP contribution is 2.22. The molecule has 1 atom stereocenters. The fourth-order valence-electron chi connectivity index (χ4n) is 3.01. The Kier molecular flexibility index (Phi) is 5.21. The molecule has 1 aromatic rings. The van der Waals surface area contributed by atoms with Gasteiger partial charge in [0.15, 0.2) is 9.84 Å². The summed E-state index contributed by atoms with van der Waals surface area (Å²) < 4.78 is 28.4. The molecule has 10 heteroatoms. The highest BCUT2D eigenvalue weighted by Gasteiger charge is 2.37. The molecule has 26 heavy (non-hydrogen) atoms. The van der Waals surface area contributed by atoms with Crippen LogP contribution in [0, 0.1) is 0 Å². The second-order valence-corrected chi connectivity index (χ2v) is 8.43. The number of carbonyl (C=O) groups is 2. The Bertz CT molecular complexity index is 852. The lowest BCUT2D eigenvalue weighted by atomic mass is 10.1. The number of rotatable bonds is 5. The number of hydrazone groups is 1. The number of ether oxygens (including phenoxy) is 1. The van der Waals surface area contributed by atoms with Crippen LogP contribution in [0.25, 0.3) is 0 Å². The molecule has 1 aromatic heterocycles. The van der Waals surface area contributed by atoms with Crippen molar-refractivity contribution in [3.05, 3.63) is 23.9 Å². The Hall–Kier alpha value is -2.49. The maximum absolute atomic E-state index is 12.4. The Morgan fingerprint density at radius 3 is 2.92 bits per heavy atom. The van der Waals surface area contributed by atoms with Crippen LogP contribution in [0.2, 0.25) is 0 Å². The smallest absolute Gasteiger partial charge is 0.267 e. The van der Waals surface area contributed by atoms with Crippen molar-refractivity contribution in [2.75, 3.05) is 18.6 Å². The van der Waals surface area contributed by atoms with Gasteiger partial charge in [-0.05, 0) is 12.5 Å². The Labute approximate surface area is 151 Å². The van der Waals surface area contributed by atoms with Gasteiger partial charge in [-0.1, -0.05) is 6.07 Å². The first-order chi connectivity index (χ1) is 12.4. The molecule has 3 rings (SSSR count). The summed E-state index contributed by atoms with van der Waals surface area (Å²) in [6, 6.07) is 3.03. The monoisotopic (exact) mass is 380 g/mol. The van der Waals surface area contributed by atoms with Crippen molar-refractivity contribution in [2.24, 2.45) is 5.10 Å². The first kappa shape index (κ1) is 18.3. The van der Waals surface area contributed by atoms with E-state index in [1.165, 1.54) is 12.1 Å². The number of pyridine rings is 1.